The second-order valence-corrected chi connectivity index (χ2v) is 6.23. The van der Waals surface area contributed by atoms with Gasteiger partial charge in [-0.15, -0.1) is 0 Å². The van der Waals surface area contributed by atoms with Crippen molar-refractivity contribution in [3.05, 3.63) is 71.3 Å². The van der Waals surface area contributed by atoms with Crippen molar-refractivity contribution in [3.8, 4) is 0 Å². The van der Waals surface area contributed by atoms with E-state index in [-0.39, 0.29) is 19.6 Å². The Morgan fingerprint density at radius 1 is 1.08 bits per heavy atom. The molecule has 134 valence electrons. The van der Waals surface area contributed by atoms with E-state index in [9.17, 15) is 15.0 Å². The van der Waals surface area contributed by atoms with E-state index in [1.54, 1.807) is 6.07 Å². The molecule has 0 heterocycles. The Hall–Kier alpha value is -1.89. The minimum Gasteiger partial charge on any atom is -0.445 e. The number of halogens is 1. The maximum absolute atomic E-state index is 11.6. The molecule has 0 bridgehead atoms. The van der Waals surface area contributed by atoms with Crippen LogP contribution in [0.5, 0.6) is 0 Å². The summed E-state index contributed by atoms with van der Waals surface area (Å²) in [4.78, 5) is 11.6. The maximum atomic E-state index is 11.6. The fraction of sp³-hybridized carbons (Fsp3) is 0.316. The number of alkyl carbamates (subject to hydrolysis) is 1. The fourth-order valence-corrected chi connectivity index (χ4v) is 2.69. The summed E-state index contributed by atoms with van der Waals surface area (Å²) >= 11 is 3.36. The van der Waals surface area contributed by atoms with Crippen LogP contribution >= 0.6 is 15.9 Å². The van der Waals surface area contributed by atoms with Crippen LogP contribution in [0.15, 0.2) is 54.6 Å². The van der Waals surface area contributed by atoms with E-state index < -0.39 is 18.3 Å². The number of hydrogen-bond donors (Lipinski definition) is 3. The number of aliphatic hydroxyl groups excluding tert-OH is 2. The van der Waals surface area contributed by atoms with Gasteiger partial charge in [-0.2, -0.15) is 0 Å². The number of benzene rings is 2. The summed E-state index contributed by atoms with van der Waals surface area (Å²) in [6.07, 6.45) is -2.30. The number of alkyl halides is 1. The van der Waals surface area contributed by atoms with Crippen LogP contribution in [0.4, 0.5) is 4.79 Å². The third-order valence-electron chi connectivity index (χ3n) is 3.73. The molecule has 2 aromatic rings. The van der Waals surface area contributed by atoms with Gasteiger partial charge in [-0.05, 0) is 23.1 Å². The number of aliphatic hydroxyl groups is 2. The molecule has 0 radical (unpaired) electrons. The molecule has 0 aliphatic carbocycles. The lowest BCUT2D eigenvalue weighted by Gasteiger charge is -2.19. The van der Waals surface area contributed by atoms with Gasteiger partial charge in [0, 0.05) is 11.9 Å². The lowest BCUT2D eigenvalue weighted by Crippen LogP contribution is -2.29. The molecular formula is C19H22BrNO4. The molecule has 5 nitrogen and oxygen atoms in total. The number of rotatable bonds is 8. The third-order valence-corrected chi connectivity index (χ3v) is 4.38. The molecule has 0 fully saturated rings. The van der Waals surface area contributed by atoms with Gasteiger partial charge < -0.3 is 20.3 Å². The van der Waals surface area contributed by atoms with Crippen LogP contribution in [-0.4, -0.2) is 29.0 Å². The molecule has 2 unspecified atom stereocenters. The second-order valence-electron chi connectivity index (χ2n) is 5.67. The summed E-state index contributed by atoms with van der Waals surface area (Å²) in [6.45, 7) is 0.404. The summed E-state index contributed by atoms with van der Waals surface area (Å²) < 4.78 is 5.09. The van der Waals surface area contributed by atoms with Gasteiger partial charge in [0.05, 0.1) is 6.10 Å². The molecule has 0 aromatic heterocycles. The molecule has 0 aliphatic rings. The summed E-state index contributed by atoms with van der Waals surface area (Å²) in [6, 6.07) is 16.7. The first-order valence-corrected chi connectivity index (χ1v) is 9.18. The molecule has 0 saturated carbocycles. The van der Waals surface area contributed by atoms with Crippen LogP contribution in [0.2, 0.25) is 0 Å². The number of carbonyl (C=O) groups excluding carboxylic acids is 1. The predicted octanol–water partition coefficient (Wildman–Crippen LogP) is 3.29. The normalized spacial score (nSPS) is 13.1. The molecule has 0 saturated heterocycles. The highest BCUT2D eigenvalue weighted by molar-refractivity contribution is 9.08. The zero-order chi connectivity index (χ0) is 18.1. The minimum atomic E-state index is -0.999. The first-order chi connectivity index (χ1) is 12.1. The van der Waals surface area contributed by atoms with Crippen LogP contribution in [-0.2, 0) is 16.7 Å². The second kappa shape index (κ2) is 10.2. The summed E-state index contributed by atoms with van der Waals surface area (Å²) in [7, 11) is 0. The Balaban J connectivity index is 1.71. The highest BCUT2D eigenvalue weighted by Crippen LogP contribution is 2.20. The van der Waals surface area contributed by atoms with Gasteiger partial charge in [0.1, 0.15) is 12.7 Å². The van der Waals surface area contributed by atoms with E-state index in [1.807, 2.05) is 48.5 Å². The number of carbonyl (C=O) groups is 1. The van der Waals surface area contributed by atoms with Crippen molar-refractivity contribution in [2.75, 3.05) is 6.54 Å². The van der Waals surface area contributed by atoms with Crippen LogP contribution < -0.4 is 5.32 Å². The lowest BCUT2D eigenvalue weighted by atomic mass is 10.0. The summed E-state index contributed by atoms with van der Waals surface area (Å²) in [5.74, 6) is 0. The molecule has 2 atom stereocenters. The van der Waals surface area contributed by atoms with Crippen molar-refractivity contribution in [1.82, 2.24) is 5.32 Å². The largest absolute Gasteiger partial charge is 0.445 e. The van der Waals surface area contributed by atoms with Gasteiger partial charge in [0.2, 0.25) is 0 Å². The van der Waals surface area contributed by atoms with E-state index >= 15 is 0 Å². The number of hydrogen-bond acceptors (Lipinski definition) is 4. The van der Waals surface area contributed by atoms with Gasteiger partial charge in [-0.25, -0.2) is 4.79 Å². The quantitative estimate of drug-likeness (QED) is 0.586. The van der Waals surface area contributed by atoms with Crippen LogP contribution in [0.1, 0.15) is 29.2 Å². The van der Waals surface area contributed by atoms with Crippen molar-refractivity contribution in [3.63, 3.8) is 0 Å². The maximum Gasteiger partial charge on any atom is 0.407 e. The molecule has 0 spiro atoms. The molecule has 2 rings (SSSR count). The van der Waals surface area contributed by atoms with E-state index in [0.717, 1.165) is 11.1 Å². The molecule has 3 N–H and O–H groups in total. The van der Waals surface area contributed by atoms with Crippen molar-refractivity contribution in [2.45, 2.75) is 30.6 Å². The smallest absolute Gasteiger partial charge is 0.407 e. The van der Waals surface area contributed by atoms with E-state index in [0.29, 0.717) is 10.9 Å². The van der Waals surface area contributed by atoms with Crippen LogP contribution in [0.3, 0.4) is 0 Å². The average Bonchev–Trinajstić information content (AvgIpc) is 2.66. The van der Waals surface area contributed by atoms with Gasteiger partial charge in [0.15, 0.2) is 0 Å². The number of nitrogens with one attached hydrogen (secondary N) is 1. The van der Waals surface area contributed by atoms with Crippen molar-refractivity contribution in [1.29, 1.82) is 0 Å². The van der Waals surface area contributed by atoms with E-state index in [2.05, 4.69) is 21.2 Å². The molecule has 2 aromatic carbocycles. The monoisotopic (exact) mass is 407 g/mol. The van der Waals surface area contributed by atoms with Gasteiger partial charge in [-0.1, -0.05) is 70.5 Å². The zero-order valence-electron chi connectivity index (χ0n) is 13.8. The Bertz CT molecular complexity index is 665. The molecular weight excluding hydrogens is 386 g/mol. The highest BCUT2D eigenvalue weighted by Gasteiger charge is 2.18. The first kappa shape index (κ1) is 19.4. The number of ether oxygens (including phenoxy) is 1. The van der Waals surface area contributed by atoms with E-state index in [1.165, 1.54) is 0 Å². The minimum absolute atomic E-state index is 0.192. The predicted molar refractivity (Wildman–Crippen MR) is 99.3 cm³/mol. The Morgan fingerprint density at radius 2 is 1.80 bits per heavy atom. The molecule has 25 heavy (non-hydrogen) atoms. The third kappa shape index (κ3) is 6.49. The number of amides is 1. The van der Waals surface area contributed by atoms with Crippen LogP contribution in [0, 0.1) is 0 Å². The fourth-order valence-electron chi connectivity index (χ4n) is 2.34. The van der Waals surface area contributed by atoms with Crippen molar-refractivity contribution >= 4 is 22.0 Å². The summed E-state index contributed by atoms with van der Waals surface area (Å²) in [5.41, 5.74) is 2.57. The first-order valence-electron chi connectivity index (χ1n) is 8.05. The average molecular weight is 408 g/mol. The van der Waals surface area contributed by atoms with Gasteiger partial charge in [-0.3, -0.25) is 0 Å². The SMILES string of the molecule is O=C(NCCC(O)C(O)c1cccc(CBr)c1)OCc1ccccc1. The standard InChI is InChI=1S/C19H22BrNO4/c20-12-15-7-4-8-16(11-15)18(23)17(22)9-10-21-19(24)25-13-14-5-2-1-3-6-14/h1-8,11,17-18,22-23H,9-10,12-13H2,(H,21,24). The van der Waals surface area contributed by atoms with Crippen LogP contribution in [0.25, 0.3) is 0 Å². The highest BCUT2D eigenvalue weighted by atomic mass is 79.9. The van der Waals surface area contributed by atoms with Gasteiger partial charge >= 0.3 is 6.09 Å². The Labute approximate surface area is 155 Å². The topological polar surface area (TPSA) is 78.8 Å². The zero-order valence-corrected chi connectivity index (χ0v) is 15.4. The van der Waals surface area contributed by atoms with Crippen molar-refractivity contribution in [2.24, 2.45) is 0 Å². The van der Waals surface area contributed by atoms with E-state index in [4.69, 9.17) is 4.74 Å². The molecule has 0 aliphatic heterocycles. The summed E-state index contributed by atoms with van der Waals surface area (Å²) in [5, 5.41) is 23.6. The van der Waals surface area contributed by atoms with Gasteiger partial charge in [0.25, 0.3) is 0 Å². The lowest BCUT2D eigenvalue weighted by molar-refractivity contribution is 0.0136. The Kier molecular flexibility index (Phi) is 7.91. The van der Waals surface area contributed by atoms with Crippen molar-refractivity contribution < 1.29 is 19.7 Å². The molecule has 1 amide bonds. The Morgan fingerprint density at radius 3 is 2.52 bits per heavy atom. The molecule has 6 heteroatoms.